The molecular weight excluding hydrogens is 224 g/mol. The quantitative estimate of drug-likeness (QED) is 0.601. The lowest BCUT2D eigenvalue weighted by molar-refractivity contribution is -0.137. The summed E-state index contributed by atoms with van der Waals surface area (Å²) in [5.41, 5.74) is 0. The third-order valence-electron chi connectivity index (χ3n) is 2.66. The van der Waals surface area contributed by atoms with Gasteiger partial charge in [0.25, 0.3) is 0 Å². The molecule has 0 aromatic rings. The topological polar surface area (TPSA) is 87.7 Å². The van der Waals surface area contributed by atoms with Crippen molar-refractivity contribution in [2.75, 3.05) is 19.8 Å². The van der Waals surface area contributed by atoms with Crippen molar-refractivity contribution in [1.82, 2.24) is 10.6 Å². The first-order chi connectivity index (χ1) is 8.18. The second-order valence-corrected chi connectivity index (χ2v) is 4.14. The van der Waals surface area contributed by atoms with Crippen LogP contribution in [0.1, 0.15) is 32.1 Å². The lowest BCUT2D eigenvalue weighted by atomic mass is 10.1. The predicted molar refractivity (Wildman–Crippen MR) is 61.9 cm³/mol. The van der Waals surface area contributed by atoms with E-state index in [1.54, 1.807) is 0 Å². The van der Waals surface area contributed by atoms with Gasteiger partial charge in [-0.3, -0.25) is 4.79 Å². The smallest absolute Gasteiger partial charge is 0.315 e. The van der Waals surface area contributed by atoms with Crippen LogP contribution in [0.2, 0.25) is 0 Å². The number of carboxylic acids is 1. The monoisotopic (exact) mass is 244 g/mol. The molecule has 1 heterocycles. The SMILES string of the molecule is O=C(O)CCCCNC(=O)NC1CCOCC1. The Morgan fingerprint density at radius 3 is 2.59 bits per heavy atom. The van der Waals surface area contributed by atoms with Gasteiger partial charge in [0.2, 0.25) is 0 Å². The molecular formula is C11H20N2O4. The molecule has 3 N–H and O–H groups in total. The molecule has 0 aliphatic carbocycles. The van der Waals surface area contributed by atoms with E-state index in [2.05, 4.69) is 10.6 Å². The van der Waals surface area contributed by atoms with Gasteiger partial charge >= 0.3 is 12.0 Å². The van der Waals surface area contributed by atoms with Crippen LogP contribution in [0.5, 0.6) is 0 Å². The van der Waals surface area contributed by atoms with Crippen molar-refractivity contribution in [3.05, 3.63) is 0 Å². The summed E-state index contributed by atoms with van der Waals surface area (Å²) in [6, 6.07) is 0.0231. The minimum Gasteiger partial charge on any atom is -0.481 e. The molecule has 0 saturated carbocycles. The van der Waals surface area contributed by atoms with Gasteiger partial charge in [0.1, 0.15) is 0 Å². The maximum atomic E-state index is 11.4. The number of carbonyl (C=O) groups is 2. The number of carbonyl (C=O) groups excluding carboxylic acids is 1. The van der Waals surface area contributed by atoms with Gasteiger partial charge in [-0.2, -0.15) is 0 Å². The molecule has 98 valence electrons. The zero-order valence-electron chi connectivity index (χ0n) is 9.91. The fourth-order valence-electron chi connectivity index (χ4n) is 1.68. The van der Waals surface area contributed by atoms with E-state index in [0.717, 1.165) is 12.8 Å². The summed E-state index contributed by atoms with van der Waals surface area (Å²) < 4.78 is 5.19. The first-order valence-electron chi connectivity index (χ1n) is 6.02. The van der Waals surface area contributed by atoms with Gasteiger partial charge in [0.15, 0.2) is 0 Å². The standard InChI is InChI=1S/C11H20N2O4/c14-10(15)3-1-2-6-12-11(16)13-9-4-7-17-8-5-9/h9H,1-8H2,(H,14,15)(H2,12,13,16). The summed E-state index contributed by atoms with van der Waals surface area (Å²) in [5.74, 6) is -0.795. The van der Waals surface area contributed by atoms with E-state index in [1.165, 1.54) is 0 Å². The van der Waals surface area contributed by atoms with Gasteiger partial charge in [-0.25, -0.2) is 4.79 Å². The van der Waals surface area contributed by atoms with Gasteiger partial charge in [0, 0.05) is 32.2 Å². The second-order valence-electron chi connectivity index (χ2n) is 4.14. The van der Waals surface area contributed by atoms with Crippen molar-refractivity contribution < 1.29 is 19.4 Å². The lowest BCUT2D eigenvalue weighted by Crippen LogP contribution is -2.44. The molecule has 17 heavy (non-hydrogen) atoms. The fraction of sp³-hybridized carbons (Fsp3) is 0.818. The summed E-state index contributed by atoms with van der Waals surface area (Å²) in [6.07, 6.45) is 3.14. The Labute approximate surface area is 101 Å². The second kappa shape index (κ2) is 7.89. The highest BCUT2D eigenvalue weighted by atomic mass is 16.5. The average Bonchev–Trinajstić information content (AvgIpc) is 2.29. The maximum Gasteiger partial charge on any atom is 0.315 e. The molecule has 2 amide bonds. The average molecular weight is 244 g/mol. The molecule has 0 aromatic heterocycles. The number of urea groups is 1. The van der Waals surface area contributed by atoms with Crippen LogP contribution >= 0.6 is 0 Å². The zero-order chi connectivity index (χ0) is 12.5. The molecule has 0 atom stereocenters. The van der Waals surface area contributed by atoms with Gasteiger partial charge in [-0.05, 0) is 25.7 Å². The van der Waals surface area contributed by atoms with Gasteiger partial charge in [0.05, 0.1) is 0 Å². The Hall–Kier alpha value is -1.30. The Morgan fingerprint density at radius 1 is 1.24 bits per heavy atom. The van der Waals surface area contributed by atoms with Gasteiger partial charge in [-0.1, -0.05) is 0 Å². The molecule has 0 unspecified atom stereocenters. The van der Waals surface area contributed by atoms with Crippen molar-refractivity contribution >= 4 is 12.0 Å². The molecule has 1 aliphatic heterocycles. The molecule has 0 bridgehead atoms. The van der Waals surface area contributed by atoms with Crippen molar-refractivity contribution in [1.29, 1.82) is 0 Å². The van der Waals surface area contributed by atoms with E-state index in [1.807, 2.05) is 0 Å². The van der Waals surface area contributed by atoms with Crippen LogP contribution in [0.4, 0.5) is 4.79 Å². The number of hydrogen-bond acceptors (Lipinski definition) is 3. The molecule has 6 heteroatoms. The number of unbranched alkanes of at least 4 members (excludes halogenated alkanes) is 1. The summed E-state index contributed by atoms with van der Waals surface area (Å²) in [6.45, 7) is 1.91. The first-order valence-corrected chi connectivity index (χ1v) is 6.02. The minimum atomic E-state index is -0.795. The summed E-state index contributed by atoms with van der Waals surface area (Å²) in [7, 11) is 0. The van der Waals surface area contributed by atoms with E-state index < -0.39 is 5.97 Å². The molecule has 0 aromatic carbocycles. The Bertz CT molecular complexity index is 252. The number of aliphatic carboxylic acids is 1. The number of amides is 2. The predicted octanol–water partition coefficient (Wildman–Crippen LogP) is 0.719. The molecule has 6 nitrogen and oxygen atoms in total. The number of hydrogen-bond donors (Lipinski definition) is 3. The highest BCUT2D eigenvalue weighted by Crippen LogP contribution is 2.05. The zero-order valence-corrected chi connectivity index (χ0v) is 9.91. The molecule has 1 saturated heterocycles. The molecule has 1 rings (SSSR count). The van der Waals surface area contributed by atoms with Crippen LogP contribution in [0.3, 0.4) is 0 Å². The minimum absolute atomic E-state index is 0.156. The number of rotatable bonds is 6. The number of carboxylic acid groups (broad SMARTS) is 1. The van der Waals surface area contributed by atoms with Crippen LogP contribution in [-0.2, 0) is 9.53 Å². The van der Waals surface area contributed by atoms with Gasteiger partial charge in [-0.15, -0.1) is 0 Å². The van der Waals surface area contributed by atoms with Crippen LogP contribution in [0, 0.1) is 0 Å². The third kappa shape index (κ3) is 6.78. The van der Waals surface area contributed by atoms with Gasteiger partial charge < -0.3 is 20.5 Å². The van der Waals surface area contributed by atoms with E-state index in [4.69, 9.17) is 9.84 Å². The number of ether oxygens (including phenoxy) is 1. The molecule has 0 radical (unpaired) electrons. The van der Waals surface area contributed by atoms with Crippen molar-refractivity contribution in [3.63, 3.8) is 0 Å². The van der Waals surface area contributed by atoms with Crippen LogP contribution < -0.4 is 10.6 Å². The van der Waals surface area contributed by atoms with Crippen LogP contribution in [0.25, 0.3) is 0 Å². The van der Waals surface area contributed by atoms with E-state index in [-0.39, 0.29) is 18.5 Å². The largest absolute Gasteiger partial charge is 0.481 e. The van der Waals surface area contributed by atoms with Crippen LogP contribution in [-0.4, -0.2) is 42.9 Å². The Kier molecular flexibility index (Phi) is 6.39. The van der Waals surface area contributed by atoms with E-state index >= 15 is 0 Å². The van der Waals surface area contributed by atoms with Crippen molar-refractivity contribution in [2.24, 2.45) is 0 Å². The van der Waals surface area contributed by atoms with Crippen LogP contribution in [0.15, 0.2) is 0 Å². The number of nitrogens with one attached hydrogen (secondary N) is 2. The molecule has 0 spiro atoms. The Balaban J connectivity index is 1.98. The molecule has 1 aliphatic rings. The lowest BCUT2D eigenvalue weighted by Gasteiger charge is -2.23. The first kappa shape index (κ1) is 13.8. The summed E-state index contributed by atoms with van der Waals surface area (Å²) >= 11 is 0. The Morgan fingerprint density at radius 2 is 1.94 bits per heavy atom. The fourth-order valence-corrected chi connectivity index (χ4v) is 1.68. The molecule has 1 fully saturated rings. The summed E-state index contributed by atoms with van der Waals surface area (Å²) in [5, 5.41) is 14.0. The normalized spacial score (nSPS) is 16.5. The summed E-state index contributed by atoms with van der Waals surface area (Å²) in [4.78, 5) is 21.7. The van der Waals surface area contributed by atoms with E-state index in [9.17, 15) is 9.59 Å². The van der Waals surface area contributed by atoms with Crippen molar-refractivity contribution in [3.8, 4) is 0 Å². The highest BCUT2D eigenvalue weighted by Gasteiger charge is 2.15. The highest BCUT2D eigenvalue weighted by molar-refractivity contribution is 5.74. The van der Waals surface area contributed by atoms with Crippen molar-refractivity contribution in [2.45, 2.75) is 38.1 Å². The third-order valence-corrected chi connectivity index (χ3v) is 2.66. The maximum absolute atomic E-state index is 11.4. The van der Waals surface area contributed by atoms with E-state index in [0.29, 0.717) is 32.6 Å².